The molecule has 1 fully saturated rings. The molecule has 0 amide bonds. The van der Waals surface area contributed by atoms with Crippen molar-refractivity contribution in [3.63, 3.8) is 0 Å². The van der Waals surface area contributed by atoms with Crippen molar-refractivity contribution in [2.75, 3.05) is 6.54 Å². The lowest BCUT2D eigenvalue weighted by molar-refractivity contribution is -0.0457. The second-order valence-electron chi connectivity index (χ2n) is 6.79. The summed E-state index contributed by atoms with van der Waals surface area (Å²) in [6.07, 6.45) is 3.42. The highest BCUT2D eigenvalue weighted by atomic mass is 32.2. The predicted molar refractivity (Wildman–Crippen MR) is 93.9 cm³/mol. The molecule has 28 heavy (non-hydrogen) atoms. The van der Waals surface area contributed by atoms with Gasteiger partial charge >= 0.3 is 15.5 Å². The van der Waals surface area contributed by atoms with Crippen LogP contribution < -0.4 is 10.0 Å². The van der Waals surface area contributed by atoms with Gasteiger partial charge in [0.2, 0.25) is 0 Å². The summed E-state index contributed by atoms with van der Waals surface area (Å²) < 4.78 is 92.8. The number of alkyl halides is 4. The van der Waals surface area contributed by atoms with Crippen molar-refractivity contribution >= 4 is 10.0 Å². The van der Waals surface area contributed by atoms with Crippen molar-refractivity contribution in [2.45, 2.75) is 42.5 Å². The van der Waals surface area contributed by atoms with E-state index in [4.69, 9.17) is 0 Å². The Morgan fingerprint density at radius 2 is 1.82 bits per heavy atom. The Morgan fingerprint density at radius 1 is 1.14 bits per heavy atom. The fourth-order valence-electron chi connectivity index (χ4n) is 3.68. The molecule has 1 saturated heterocycles. The number of nitrogens with one attached hydrogen (secondary N) is 2. The third-order valence-corrected chi connectivity index (χ3v) is 6.19. The molecule has 1 aromatic rings. The molecule has 1 aliphatic heterocycles. The van der Waals surface area contributed by atoms with E-state index in [-0.39, 0.29) is 17.6 Å². The van der Waals surface area contributed by atoms with Crippen LogP contribution in [0.15, 0.2) is 48.1 Å². The second-order valence-corrected chi connectivity index (χ2v) is 8.46. The molecule has 0 aromatic heterocycles. The highest BCUT2D eigenvalue weighted by Crippen LogP contribution is 2.41. The van der Waals surface area contributed by atoms with Crippen LogP contribution in [0, 0.1) is 5.82 Å². The molecule has 0 saturated carbocycles. The van der Waals surface area contributed by atoms with Crippen molar-refractivity contribution < 1.29 is 30.4 Å². The highest BCUT2D eigenvalue weighted by molar-refractivity contribution is 7.90. The van der Waals surface area contributed by atoms with Crippen LogP contribution in [0.25, 0.3) is 0 Å². The van der Waals surface area contributed by atoms with Gasteiger partial charge in [0.15, 0.2) is 0 Å². The van der Waals surface area contributed by atoms with Gasteiger partial charge in [-0.05, 0) is 42.7 Å². The zero-order valence-electron chi connectivity index (χ0n) is 14.6. The Kier molecular flexibility index (Phi) is 5.66. The first-order valence-corrected chi connectivity index (χ1v) is 10.2. The lowest BCUT2D eigenvalue weighted by Crippen LogP contribution is -2.60. The summed E-state index contributed by atoms with van der Waals surface area (Å²) in [5.41, 5.74) is -7.09. The summed E-state index contributed by atoms with van der Waals surface area (Å²) in [7, 11) is -5.77. The summed E-state index contributed by atoms with van der Waals surface area (Å²) in [6, 6.07) is 3.84. The van der Waals surface area contributed by atoms with Crippen LogP contribution in [-0.2, 0) is 15.6 Å². The maximum atomic E-state index is 13.6. The van der Waals surface area contributed by atoms with Gasteiger partial charge in [0, 0.05) is 12.5 Å². The van der Waals surface area contributed by atoms with Crippen molar-refractivity contribution in [1.29, 1.82) is 0 Å². The third kappa shape index (κ3) is 3.85. The normalized spacial score (nSPS) is 25.4. The molecule has 3 rings (SSSR count). The van der Waals surface area contributed by atoms with Crippen molar-refractivity contribution in [1.82, 2.24) is 10.0 Å². The largest absolute Gasteiger partial charge is 0.511 e. The molecule has 2 aliphatic rings. The van der Waals surface area contributed by atoms with Gasteiger partial charge in [-0.1, -0.05) is 30.4 Å². The molecular weight excluding hydrogens is 403 g/mol. The van der Waals surface area contributed by atoms with E-state index >= 15 is 0 Å². The molecular formula is C18H19F5N2O2S. The average molecular weight is 422 g/mol. The first-order chi connectivity index (χ1) is 13.1. The fraction of sp³-hybridized carbons (Fsp3) is 0.444. The molecule has 0 spiro atoms. The molecule has 2 N–H and O–H groups in total. The standard InChI is InChI=1S/C18H19F5N2O2S/c19-14-7-3-12(4-8-14)17(16-2-1-11-24-16,13-5-9-15(20)10-6-13)25-28(26,27)18(21,22)23/h3-9,15-16,24-25H,1-2,10-11H2/t15?,16-,17?/m0/s1. The molecule has 1 aromatic carbocycles. The van der Waals surface area contributed by atoms with E-state index in [1.165, 1.54) is 30.4 Å². The maximum absolute atomic E-state index is 13.6. The average Bonchev–Trinajstić information content (AvgIpc) is 3.15. The Labute approximate surface area is 159 Å². The van der Waals surface area contributed by atoms with Gasteiger partial charge in [-0.2, -0.15) is 17.9 Å². The Morgan fingerprint density at radius 3 is 2.32 bits per heavy atom. The van der Waals surface area contributed by atoms with E-state index in [0.717, 1.165) is 12.1 Å². The second kappa shape index (κ2) is 7.57. The molecule has 0 radical (unpaired) electrons. The summed E-state index contributed by atoms with van der Waals surface area (Å²) in [4.78, 5) is 0. The highest BCUT2D eigenvalue weighted by Gasteiger charge is 2.54. The molecule has 4 nitrogen and oxygen atoms in total. The lowest BCUT2D eigenvalue weighted by atomic mass is 9.75. The van der Waals surface area contributed by atoms with Crippen LogP contribution in [-0.4, -0.2) is 32.7 Å². The van der Waals surface area contributed by atoms with Gasteiger partial charge in [-0.25, -0.2) is 17.2 Å². The summed E-state index contributed by atoms with van der Waals surface area (Å²) in [6.45, 7) is 0.476. The molecule has 0 bridgehead atoms. The molecule has 2 unspecified atom stereocenters. The van der Waals surface area contributed by atoms with Crippen LogP contribution >= 0.6 is 0 Å². The summed E-state index contributed by atoms with van der Waals surface area (Å²) in [5.74, 6) is -0.618. The maximum Gasteiger partial charge on any atom is 0.511 e. The van der Waals surface area contributed by atoms with E-state index in [1.807, 2.05) is 4.72 Å². The van der Waals surface area contributed by atoms with Crippen LogP contribution in [0.3, 0.4) is 0 Å². The van der Waals surface area contributed by atoms with Gasteiger partial charge in [0.05, 0.1) is 5.54 Å². The fourth-order valence-corrected chi connectivity index (χ4v) is 4.60. The van der Waals surface area contributed by atoms with E-state index in [1.54, 1.807) is 0 Å². The molecule has 154 valence electrons. The monoisotopic (exact) mass is 422 g/mol. The van der Waals surface area contributed by atoms with E-state index in [9.17, 15) is 30.4 Å². The number of sulfonamides is 1. The first-order valence-electron chi connectivity index (χ1n) is 8.69. The predicted octanol–water partition coefficient (Wildman–Crippen LogP) is 3.44. The Bertz CT molecular complexity index is 874. The smallest absolute Gasteiger partial charge is 0.311 e. The number of benzene rings is 1. The van der Waals surface area contributed by atoms with Gasteiger partial charge in [-0.15, -0.1) is 0 Å². The van der Waals surface area contributed by atoms with Crippen molar-refractivity contribution in [3.05, 3.63) is 59.4 Å². The van der Waals surface area contributed by atoms with Gasteiger partial charge in [-0.3, -0.25) is 0 Å². The third-order valence-electron chi connectivity index (χ3n) is 4.99. The number of allylic oxidation sites excluding steroid dienone is 2. The van der Waals surface area contributed by atoms with Crippen LogP contribution in [0.5, 0.6) is 0 Å². The van der Waals surface area contributed by atoms with E-state index in [2.05, 4.69) is 5.32 Å². The minimum absolute atomic E-state index is 0.102. The summed E-state index contributed by atoms with van der Waals surface area (Å²) in [5, 5.41) is 3.04. The molecule has 1 heterocycles. The quantitative estimate of drug-likeness (QED) is 0.715. The van der Waals surface area contributed by atoms with Crippen molar-refractivity contribution in [3.8, 4) is 0 Å². The van der Waals surface area contributed by atoms with Crippen LogP contribution in [0.1, 0.15) is 24.8 Å². The molecule has 1 aliphatic carbocycles. The Hall–Kier alpha value is -1.78. The SMILES string of the molecule is O=S(=O)(NC(C1=CCC(F)C=C1)(c1ccc(F)cc1)[C@@H]1CCCN1)C(F)(F)F. The van der Waals surface area contributed by atoms with Gasteiger partial charge < -0.3 is 5.32 Å². The molecule has 3 atom stereocenters. The van der Waals surface area contributed by atoms with Crippen LogP contribution in [0.2, 0.25) is 0 Å². The van der Waals surface area contributed by atoms with Crippen molar-refractivity contribution in [2.24, 2.45) is 0 Å². The Balaban J connectivity index is 2.22. The van der Waals surface area contributed by atoms with E-state index in [0.29, 0.717) is 19.4 Å². The summed E-state index contributed by atoms with van der Waals surface area (Å²) >= 11 is 0. The van der Waals surface area contributed by atoms with Crippen LogP contribution in [0.4, 0.5) is 22.0 Å². The van der Waals surface area contributed by atoms with E-state index < -0.39 is 39.1 Å². The number of rotatable bonds is 5. The number of hydrogen-bond donors (Lipinski definition) is 2. The number of halogens is 5. The molecule has 10 heteroatoms. The zero-order chi connectivity index (χ0) is 20.6. The lowest BCUT2D eigenvalue weighted by Gasteiger charge is -2.42. The van der Waals surface area contributed by atoms with Gasteiger partial charge in [0.1, 0.15) is 12.0 Å². The number of hydrogen-bond acceptors (Lipinski definition) is 3. The minimum atomic E-state index is -5.77. The topological polar surface area (TPSA) is 58.2 Å². The first kappa shape index (κ1) is 20.9. The zero-order valence-corrected chi connectivity index (χ0v) is 15.5. The minimum Gasteiger partial charge on any atom is -0.311 e. The van der Waals surface area contributed by atoms with Gasteiger partial charge in [0.25, 0.3) is 0 Å².